The van der Waals surface area contributed by atoms with Crippen LogP contribution in [0.25, 0.3) is 10.9 Å². The van der Waals surface area contributed by atoms with Crippen LogP contribution in [0.15, 0.2) is 59.4 Å². The Balaban J connectivity index is 1.42. The maximum Gasteiger partial charge on any atom is 0.252 e. The fourth-order valence-electron chi connectivity index (χ4n) is 3.51. The Labute approximate surface area is 163 Å². The van der Waals surface area contributed by atoms with E-state index < -0.39 is 0 Å². The first kappa shape index (κ1) is 18.3. The standard InChI is InChI=1S/C22H23N3O3/c26-21-14-20(18-6-2-3-7-19(18)24-21)28-17-10-8-16(9-11-17)23-22(27)15-25-12-4-1-5-13-25/h2-3,6-11,14H,1,4-5,12-13,15H2,(H,23,27)(H,24,26). The number of nitrogens with zero attached hydrogens (tertiary/aromatic N) is 1. The lowest BCUT2D eigenvalue weighted by Gasteiger charge is -2.25. The SMILES string of the molecule is O=C(CN1CCCCC1)Nc1ccc(Oc2cc(=O)[nH]c3ccccc23)cc1. The van der Waals surface area contributed by atoms with Crippen LogP contribution in [0.4, 0.5) is 5.69 Å². The molecule has 1 fully saturated rings. The molecule has 28 heavy (non-hydrogen) atoms. The number of H-pyrrole nitrogens is 1. The number of anilines is 1. The number of benzene rings is 2. The summed E-state index contributed by atoms with van der Waals surface area (Å²) in [4.78, 5) is 29.0. The van der Waals surface area contributed by atoms with Crippen molar-refractivity contribution in [3.05, 3.63) is 65.0 Å². The maximum atomic E-state index is 12.2. The Hall–Kier alpha value is -3.12. The number of ether oxygens (including phenoxy) is 1. The number of carbonyl (C=O) groups is 1. The fourth-order valence-corrected chi connectivity index (χ4v) is 3.51. The van der Waals surface area contributed by atoms with Crippen molar-refractivity contribution in [1.29, 1.82) is 0 Å². The maximum absolute atomic E-state index is 12.2. The van der Waals surface area contributed by atoms with Gasteiger partial charge in [-0.15, -0.1) is 0 Å². The molecule has 1 amide bonds. The smallest absolute Gasteiger partial charge is 0.252 e. The lowest BCUT2D eigenvalue weighted by molar-refractivity contribution is -0.117. The van der Waals surface area contributed by atoms with Crippen LogP contribution in [0.2, 0.25) is 0 Å². The summed E-state index contributed by atoms with van der Waals surface area (Å²) in [6.07, 6.45) is 3.58. The first-order chi connectivity index (χ1) is 13.7. The first-order valence-electron chi connectivity index (χ1n) is 9.59. The van der Waals surface area contributed by atoms with Crippen LogP contribution in [0.1, 0.15) is 19.3 Å². The van der Waals surface area contributed by atoms with Crippen LogP contribution in [-0.2, 0) is 4.79 Å². The van der Waals surface area contributed by atoms with Gasteiger partial charge in [-0.1, -0.05) is 18.6 Å². The Morgan fingerprint density at radius 1 is 1.04 bits per heavy atom. The average Bonchev–Trinajstić information content (AvgIpc) is 2.70. The minimum atomic E-state index is -0.213. The van der Waals surface area contributed by atoms with Crippen LogP contribution in [-0.4, -0.2) is 35.4 Å². The van der Waals surface area contributed by atoms with Crippen LogP contribution in [0.5, 0.6) is 11.5 Å². The molecule has 0 aliphatic carbocycles. The number of aromatic amines is 1. The molecule has 0 spiro atoms. The quantitative estimate of drug-likeness (QED) is 0.710. The van der Waals surface area contributed by atoms with Crippen molar-refractivity contribution < 1.29 is 9.53 Å². The molecular weight excluding hydrogens is 354 g/mol. The Morgan fingerprint density at radius 2 is 1.79 bits per heavy atom. The highest BCUT2D eigenvalue weighted by atomic mass is 16.5. The second-order valence-corrected chi connectivity index (χ2v) is 7.05. The van der Waals surface area contributed by atoms with Gasteiger partial charge in [0, 0.05) is 17.1 Å². The third-order valence-electron chi connectivity index (χ3n) is 4.89. The minimum Gasteiger partial charge on any atom is -0.456 e. The zero-order valence-electron chi connectivity index (χ0n) is 15.6. The van der Waals surface area contributed by atoms with E-state index in [1.807, 2.05) is 24.3 Å². The molecule has 1 aromatic heterocycles. The summed E-state index contributed by atoms with van der Waals surface area (Å²) >= 11 is 0. The molecule has 6 heteroatoms. The van der Waals surface area contributed by atoms with Gasteiger partial charge in [-0.25, -0.2) is 0 Å². The summed E-state index contributed by atoms with van der Waals surface area (Å²) in [7, 11) is 0. The van der Waals surface area contributed by atoms with E-state index in [0.29, 0.717) is 18.0 Å². The van der Waals surface area contributed by atoms with Gasteiger partial charge in [-0.05, 0) is 62.3 Å². The largest absolute Gasteiger partial charge is 0.456 e. The number of piperidine rings is 1. The average molecular weight is 377 g/mol. The van der Waals surface area contributed by atoms with E-state index in [1.165, 1.54) is 12.5 Å². The van der Waals surface area contributed by atoms with E-state index in [9.17, 15) is 9.59 Å². The molecule has 1 aliphatic heterocycles. The van der Waals surface area contributed by atoms with Crippen molar-refractivity contribution >= 4 is 22.5 Å². The molecular formula is C22H23N3O3. The molecule has 2 heterocycles. The molecule has 0 bridgehead atoms. The molecule has 2 aromatic carbocycles. The number of nitrogens with one attached hydrogen (secondary N) is 2. The zero-order valence-corrected chi connectivity index (χ0v) is 15.6. The van der Waals surface area contributed by atoms with Crippen molar-refractivity contribution in [2.45, 2.75) is 19.3 Å². The first-order valence-corrected chi connectivity index (χ1v) is 9.59. The Bertz CT molecular complexity index is 1020. The molecule has 144 valence electrons. The van der Waals surface area contributed by atoms with Crippen molar-refractivity contribution in [2.75, 3.05) is 25.0 Å². The van der Waals surface area contributed by atoms with E-state index in [4.69, 9.17) is 4.74 Å². The highest BCUT2D eigenvalue weighted by molar-refractivity contribution is 5.92. The minimum absolute atomic E-state index is 0.00356. The van der Waals surface area contributed by atoms with Gasteiger partial charge < -0.3 is 15.0 Å². The van der Waals surface area contributed by atoms with Gasteiger partial charge in [-0.2, -0.15) is 0 Å². The third kappa shape index (κ3) is 4.40. The number of hydrogen-bond acceptors (Lipinski definition) is 4. The molecule has 0 atom stereocenters. The van der Waals surface area contributed by atoms with Crippen LogP contribution in [0.3, 0.4) is 0 Å². The summed E-state index contributed by atoms with van der Waals surface area (Å²) in [6, 6.07) is 16.1. The lowest BCUT2D eigenvalue weighted by atomic mass is 10.1. The van der Waals surface area contributed by atoms with Crippen LogP contribution < -0.4 is 15.6 Å². The number of para-hydroxylation sites is 1. The van der Waals surface area contributed by atoms with Crippen LogP contribution in [0, 0.1) is 0 Å². The van der Waals surface area contributed by atoms with E-state index in [0.717, 1.165) is 42.5 Å². The third-order valence-corrected chi connectivity index (χ3v) is 4.89. The van der Waals surface area contributed by atoms with Gasteiger partial charge in [0.1, 0.15) is 11.5 Å². The van der Waals surface area contributed by atoms with Crippen molar-refractivity contribution in [3.63, 3.8) is 0 Å². The van der Waals surface area contributed by atoms with E-state index >= 15 is 0 Å². The molecule has 0 radical (unpaired) electrons. The van der Waals surface area contributed by atoms with Gasteiger partial charge in [0.25, 0.3) is 5.56 Å². The number of aromatic nitrogens is 1. The second kappa shape index (κ2) is 8.27. The fraction of sp³-hybridized carbons (Fsp3) is 0.273. The highest BCUT2D eigenvalue weighted by Crippen LogP contribution is 2.28. The van der Waals surface area contributed by atoms with E-state index in [-0.39, 0.29) is 11.5 Å². The number of carbonyl (C=O) groups excluding carboxylic acids is 1. The monoisotopic (exact) mass is 377 g/mol. The van der Waals surface area contributed by atoms with E-state index in [1.54, 1.807) is 24.3 Å². The van der Waals surface area contributed by atoms with Gasteiger partial charge >= 0.3 is 0 Å². The topological polar surface area (TPSA) is 74.4 Å². The number of rotatable bonds is 5. The Morgan fingerprint density at radius 3 is 2.57 bits per heavy atom. The molecule has 0 unspecified atom stereocenters. The summed E-state index contributed by atoms with van der Waals surface area (Å²) in [5.74, 6) is 1.10. The summed E-state index contributed by atoms with van der Waals surface area (Å²) < 4.78 is 5.91. The molecule has 1 aliphatic rings. The van der Waals surface area contributed by atoms with Gasteiger partial charge in [0.15, 0.2) is 0 Å². The molecule has 2 N–H and O–H groups in total. The lowest BCUT2D eigenvalue weighted by Crippen LogP contribution is -2.36. The molecule has 4 rings (SSSR count). The van der Waals surface area contributed by atoms with Gasteiger partial charge in [-0.3, -0.25) is 14.5 Å². The number of amides is 1. The van der Waals surface area contributed by atoms with Crippen LogP contribution >= 0.6 is 0 Å². The number of likely N-dealkylation sites (tertiary alicyclic amines) is 1. The van der Waals surface area contributed by atoms with Crippen molar-refractivity contribution in [3.8, 4) is 11.5 Å². The molecule has 3 aromatic rings. The number of fused-ring (bicyclic) bond motifs is 1. The van der Waals surface area contributed by atoms with Gasteiger partial charge in [0.2, 0.25) is 5.91 Å². The Kier molecular flexibility index (Phi) is 5.39. The van der Waals surface area contributed by atoms with Gasteiger partial charge in [0.05, 0.1) is 12.1 Å². The normalized spacial score (nSPS) is 14.7. The highest BCUT2D eigenvalue weighted by Gasteiger charge is 2.14. The second-order valence-electron chi connectivity index (χ2n) is 7.05. The van der Waals surface area contributed by atoms with Crippen molar-refractivity contribution in [2.24, 2.45) is 0 Å². The summed E-state index contributed by atoms with van der Waals surface area (Å²) in [5.41, 5.74) is 1.24. The summed E-state index contributed by atoms with van der Waals surface area (Å²) in [6.45, 7) is 2.41. The van der Waals surface area contributed by atoms with E-state index in [2.05, 4.69) is 15.2 Å². The molecule has 6 nitrogen and oxygen atoms in total. The number of pyridine rings is 1. The molecule has 1 saturated heterocycles. The number of hydrogen-bond donors (Lipinski definition) is 2. The van der Waals surface area contributed by atoms with Crippen molar-refractivity contribution in [1.82, 2.24) is 9.88 Å². The predicted octanol–water partition coefficient (Wildman–Crippen LogP) is 3.74. The zero-order chi connectivity index (χ0) is 19.3. The summed E-state index contributed by atoms with van der Waals surface area (Å²) in [5, 5.41) is 3.76. The predicted molar refractivity (Wildman–Crippen MR) is 110 cm³/mol. The molecule has 0 saturated carbocycles.